The lowest BCUT2D eigenvalue weighted by molar-refractivity contribution is 0.514. The Hall–Kier alpha value is -1.35. The van der Waals surface area contributed by atoms with Crippen LogP contribution in [0.3, 0.4) is 0 Å². The van der Waals surface area contributed by atoms with Crippen LogP contribution in [0.25, 0.3) is 5.70 Å². The highest BCUT2D eigenvalue weighted by molar-refractivity contribution is 6.30. The predicted molar refractivity (Wildman–Crippen MR) is 64.8 cm³/mol. The molecule has 0 amide bonds. The van der Waals surface area contributed by atoms with Crippen molar-refractivity contribution in [2.45, 2.75) is 13.8 Å². The first-order valence-electron chi connectivity index (χ1n) is 4.57. The highest BCUT2D eigenvalue weighted by Crippen LogP contribution is 2.15. The first kappa shape index (κ1) is 11.7. The maximum atomic E-state index is 5.75. The van der Waals surface area contributed by atoms with Crippen LogP contribution < -0.4 is 0 Å². The summed E-state index contributed by atoms with van der Waals surface area (Å²) in [6, 6.07) is 3.60. The molecule has 0 aliphatic rings. The van der Waals surface area contributed by atoms with Crippen LogP contribution in [0, 0.1) is 0 Å². The number of nitrogens with zero attached hydrogens (tertiary/aromatic N) is 3. The van der Waals surface area contributed by atoms with Crippen molar-refractivity contribution in [3.05, 3.63) is 35.6 Å². The summed E-state index contributed by atoms with van der Waals surface area (Å²) in [5.74, 6) is 0. The van der Waals surface area contributed by atoms with Gasteiger partial charge in [0.1, 0.15) is 0 Å². The van der Waals surface area contributed by atoms with Gasteiger partial charge in [-0.05, 0) is 26.0 Å². The van der Waals surface area contributed by atoms with Crippen molar-refractivity contribution in [1.29, 1.82) is 0 Å². The summed E-state index contributed by atoms with van der Waals surface area (Å²) in [6.45, 7) is 7.78. The van der Waals surface area contributed by atoms with Crippen LogP contribution in [0.2, 0.25) is 5.02 Å². The molecule has 4 heteroatoms. The van der Waals surface area contributed by atoms with Gasteiger partial charge in [-0.15, -0.1) is 0 Å². The number of hydrazone groups is 1. The van der Waals surface area contributed by atoms with E-state index in [2.05, 4.69) is 16.7 Å². The van der Waals surface area contributed by atoms with E-state index in [1.54, 1.807) is 17.3 Å². The average Bonchev–Trinajstić information content (AvgIpc) is 2.17. The molecular formula is C11H14ClN3. The fraction of sp³-hybridized carbons (Fsp3) is 0.273. The summed E-state index contributed by atoms with van der Waals surface area (Å²) >= 11 is 5.75. The minimum absolute atomic E-state index is 0.615. The highest BCUT2D eigenvalue weighted by atomic mass is 35.5. The second kappa shape index (κ2) is 4.94. The Morgan fingerprint density at radius 2 is 2.13 bits per heavy atom. The first-order chi connectivity index (χ1) is 7.00. The molecule has 1 heterocycles. The van der Waals surface area contributed by atoms with Crippen LogP contribution in [0.4, 0.5) is 0 Å². The van der Waals surface area contributed by atoms with E-state index < -0.39 is 0 Å². The van der Waals surface area contributed by atoms with E-state index >= 15 is 0 Å². The molecule has 3 nitrogen and oxygen atoms in total. The van der Waals surface area contributed by atoms with E-state index in [1.807, 2.05) is 27.0 Å². The second-order valence-electron chi connectivity index (χ2n) is 3.38. The van der Waals surface area contributed by atoms with Crippen molar-refractivity contribution in [2.24, 2.45) is 5.10 Å². The van der Waals surface area contributed by atoms with Gasteiger partial charge in [0.05, 0.1) is 16.4 Å². The zero-order valence-corrected chi connectivity index (χ0v) is 9.91. The molecule has 0 saturated carbocycles. The minimum atomic E-state index is 0.615. The van der Waals surface area contributed by atoms with Crippen LogP contribution in [0.15, 0.2) is 30.0 Å². The Balaban J connectivity index is 2.85. The maximum Gasteiger partial charge on any atom is 0.0877 e. The van der Waals surface area contributed by atoms with Crippen molar-refractivity contribution < 1.29 is 0 Å². The van der Waals surface area contributed by atoms with Gasteiger partial charge in [-0.2, -0.15) is 5.10 Å². The van der Waals surface area contributed by atoms with Crippen molar-refractivity contribution in [1.82, 2.24) is 9.99 Å². The van der Waals surface area contributed by atoms with Crippen LogP contribution in [-0.2, 0) is 0 Å². The number of hydrogen-bond acceptors (Lipinski definition) is 3. The fourth-order valence-corrected chi connectivity index (χ4v) is 1.18. The molecule has 0 aliphatic heterocycles. The van der Waals surface area contributed by atoms with E-state index in [1.165, 1.54) is 0 Å². The number of aromatic nitrogens is 1. The van der Waals surface area contributed by atoms with Crippen LogP contribution in [-0.4, -0.2) is 22.8 Å². The molecule has 0 fully saturated rings. The summed E-state index contributed by atoms with van der Waals surface area (Å²) in [5.41, 5.74) is 2.48. The Morgan fingerprint density at radius 3 is 2.60 bits per heavy atom. The van der Waals surface area contributed by atoms with E-state index in [0.29, 0.717) is 5.02 Å². The van der Waals surface area contributed by atoms with E-state index in [0.717, 1.165) is 17.1 Å². The number of rotatable bonds is 3. The molecular weight excluding hydrogens is 210 g/mol. The zero-order valence-electron chi connectivity index (χ0n) is 9.16. The lowest BCUT2D eigenvalue weighted by Gasteiger charge is -2.15. The third-order valence-electron chi connectivity index (χ3n) is 1.76. The molecule has 1 rings (SSSR count). The Bertz CT molecular complexity index is 377. The Labute approximate surface area is 95.1 Å². The topological polar surface area (TPSA) is 28.5 Å². The Kier molecular flexibility index (Phi) is 3.86. The van der Waals surface area contributed by atoms with Crippen LogP contribution >= 0.6 is 11.6 Å². The molecule has 0 aliphatic carbocycles. The van der Waals surface area contributed by atoms with Crippen molar-refractivity contribution in [3.8, 4) is 0 Å². The molecule has 1 aromatic rings. The second-order valence-corrected chi connectivity index (χ2v) is 3.82. The molecule has 15 heavy (non-hydrogen) atoms. The van der Waals surface area contributed by atoms with Gasteiger partial charge in [-0.25, -0.2) is 0 Å². The standard InChI is InChI=1S/C11H14ClN3/c1-8(2)14-15(4)9(3)11-6-5-10(12)7-13-11/h5-7H,3H2,1-2,4H3. The maximum absolute atomic E-state index is 5.75. The van der Waals surface area contributed by atoms with Gasteiger partial charge < -0.3 is 0 Å². The molecule has 80 valence electrons. The molecule has 1 aromatic heterocycles. The van der Waals surface area contributed by atoms with E-state index in [9.17, 15) is 0 Å². The van der Waals surface area contributed by atoms with Gasteiger partial charge in [0.25, 0.3) is 0 Å². The van der Waals surface area contributed by atoms with Gasteiger partial charge in [0.2, 0.25) is 0 Å². The van der Waals surface area contributed by atoms with Crippen molar-refractivity contribution >= 4 is 23.0 Å². The summed E-state index contributed by atoms with van der Waals surface area (Å²) < 4.78 is 0. The third kappa shape index (κ3) is 3.36. The van der Waals surface area contributed by atoms with Gasteiger partial charge in [0, 0.05) is 19.0 Å². The third-order valence-corrected chi connectivity index (χ3v) is 1.99. The van der Waals surface area contributed by atoms with Gasteiger partial charge in [-0.1, -0.05) is 18.2 Å². The minimum Gasteiger partial charge on any atom is -0.267 e. The monoisotopic (exact) mass is 223 g/mol. The van der Waals surface area contributed by atoms with Crippen LogP contribution in [0.5, 0.6) is 0 Å². The van der Waals surface area contributed by atoms with Gasteiger partial charge in [-0.3, -0.25) is 9.99 Å². The van der Waals surface area contributed by atoms with Crippen molar-refractivity contribution in [2.75, 3.05) is 7.05 Å². The smallest absolute Gasteiger partial charge is 0.0877 e. The number of pyridine rings is 1. The van der Waals surface area contributed by atoms with E-state index in [4.69, 9.17) is 11.6 Å². The lowest BCUT2D eigenvalue weighted by atomic mass is 10.3. The molecule has 0 bridgehead atoms. The summed E-state index contributed by atoms with van der Waals surface area (Å²) in [4.78, 5) is 4.16. The summed E-state index contributed by atoms with van der Waals surface area (Å²) in [5, 5.41) is 6.57. The predicted octanol–water partition coefficient (Wildman–Crippen LogP) is 3.03. The largest absolute Gasteiger partial charge is 0.267 e. The SMILES string of the molecule is C=C(c1ccc(Cl)cn1)N(C)N=C(C)C. The normalized spacial score (nSPS) is 9.60. The molecule has 0 aromatic carbocycles. The number of halogens is 1. The first-order valence-corrected chi connectivity index (χ1v) is 4.95. The Morgan fingerprint density at radius 1 is 1.47 bits per heavy atom. The molecule has 0 radical (unpaired) electrons. The van der Waals surface area contributed by atoms with Crippen LogP contribution in [0.1, 0.15) is 19.5 Å². The molecule has 0 spiro atoms. The van der Waals surface area contributed by atoms with Gasteiger partial charge in [0.15, 0.2) is 0 Å². The number of hydrogen-bond donors (Lipinski definition) is 0. The van der Waals surface area contributed by atoms with Gasteiger partial charge >= 0.3 is 0 Å². The summed E-state index contributed by atoms with van der Waals surface area (Å²) in [6.07, 6.45) is 1.60. The molecule has 0 saturated heterocycles. The average molecular weight is 224 g/mol. The molecule has 0 unspecified atom stereocenters. The van der Waals surface area contributed by atoms with E-state index in [-0.39, 0.29) is 0 Å². The molecule has 0 atom stereocenters. The fourth-order valence-electron chi connectivity index (χ4n) is 1.07. The quantitative estimate of drug-likeness (QED) is 0.582. The van der Waals surface area contributed by atoms with Crippen molar-refractivity contribution in [3.63, 3.8) is 0 Å². The highest BCUT2D eigenvalue weighted by Gasteiger charge is 2.04. The lowest BCUT2D eigenvalue weighted by Crippen LogP contribution is -2.11. The molecule has 0 N–H and O–H groups in total. The zero-order chi connectivity index (χ0) is 11.4. The summed E-state index contributed by atoms with van der Waals surface area (Å²) in [7, 11) is 1.84.